The van der Waals surface area contributed by atoms with E-state index in [1.54, 1.807) is 24.3 Å². The molecule has 7 nitrogen and oxygen atoms in total. The number of nitrogens with one attached hydrogen (secondary N) is 2. The van der Waals surface area contributed by atoms with Gasteiger partial charge in [0.25, 0.3) is 0 Å². The molecule has 0 unspecified atom stereocenters. The molecule has 0 saturated carbocycles. The van der Waals surface area contributed by atoms with Gasteiger partial charge in [0, 0.05) is 17.9 Å². The van der Waals surface area contributed by atoms with Gasteiger partial charge in [-0.05, 0) is 28.8 Å². The van der Waals surface area contributed by atoms with Crippen molar-refractivity contribution in [1.29, 1.82) is 0 Å². The topological polar surface area (TPSA) is 93.7 Å². The molecular weight excluding hydrogens is 468 g/mol. The van der Waals surface area contributed by atoms with Crippen LogP contribution in [-0.4, -0.2) is 37.2 Å². The van der Waals surface area contributed by atoms with Crippen LogP contribution in [-0.2, 0) is 38.5 Å². The fraction of sp³-hybridized carbons (Fsp3) is 0.222. The number of methoxy groups -OCH3 is 1. The molecule has 0 radical (unpaired) electrons. The van der Waals surface area contributed by atoms with Gasteiger partial charge in [-0.3, -0.25) is 4.79 Å². The van der Waals surface area contributed by atoms with Crippen molar-refractivity contribution >= 4 is 29.6 Å². The Labute approximate surface area is 209 Å². The van der Waals surface area contributed by atoms with Crippen molar-refractivity contribution in [3.8, 4) is 0 Å². The summed E-state index contributed by atoms with van der Waals surface area (Å²) in [7, 11) is 1.25. The van der Waals surface area contributed by atoms with Gasteiger partial charge >= 0.3 is 12.1 Å². The van der Waals surface area contributed by atoms with Crippen LogP contribution in [0.5, 0.6) is 0 Å². The molecule has 0 fully saturated rings. The molecule has 35 heavy (non-hydrogen) atoms. The van der Waals surface area contributed by atoms with Crippen molar-refractivity contribution in [3.63, 3.8) is 0 Å². The molecule has 2 N–H and O–H groups in total. The van der Waals surface area contributed by atoms with Gasteiger partial charge in [0.05, 0.1) is 7.11 Å². The Hall–Kier alpha value is -3.84. The molecule has 182 valence electrons. The van der Waals surface area contributed by atoms with Crippen LogP contribution < -0.4 is 10.6 Å². The minimum atomic E-state index is -0.979. The zero-order valence-corrected chi connectivity index (χ0v) is 20.0. The largest absolute Gasteiger partial charge is 0.467 e. The quantitative estimate of drug-likeness (QED) is 0.414. The minimum absolute atomic E-state index is 0.0614. The van der Waals surface area contributed by atoms with E-state index in [9.17, 15) is 14.4 Å². The number of carbonyl (C=O) groups excluding carboxylic acids is 3. The molecule has 0 bridgehead atoms. The van der Waals surface area contributed by atoms with Crippen LogP contribution in [0.25, 0.3) is 0 Å². The molecule has 2 amide bonds. The van der Waals surface area contributed by atoms with Gasteiger partial charge in [0.15, 0.2) is 0 Å². The van der Waals surface area contributed by atoms with Gasteiger partial charge in [0.2, 0.25) is 5.91 Å². The molecule has 3 rings (SSSR count). The number of hydrogen-bond acceptors (Lipinski definition) is 5. The summed E-state index contributed by atoms with van der Waals surface area (Å²) in [5.74, 6) is -1.15. The average Bonchev–Trinajstić information content (AvgIpc) is 2.87. The maximum Gasteiger partial charge on any atom is 0.408 e. The highest BCUT2D eigenvalue weighted by Crippen LogP contribution is 2.13. The third-order valence-electron chi connectivity index (χ3n) is 5.24. The second kappa shape index (κ2) is 13.2. The molecule has 0 aliphatic heterocycles. The molecule has 2 atom stereocenters. The van der Waals surface area contributed by atoms with Crippen molar-refractivity contribution in [1.82, 2.24) is 10.6 Å². The Morgan fingerprint density at radius 1 is 0.771 bits per heavy atom. The Balaban J connectivity index is 1.71. The second-order valence-corrected chi connectivity index (χ2v) is 8.30. The van der Waals surface area contributed by atoms with Gasteiger partial charge < -0.3 is 20.1 Å². The molecule has 0 heterocycles. The Morgan fingerprint density at radius 2 is 1.37 bits per heavy atom. The number of esters is 1. The first kappa shape index (κ1) is 25.8. The zero-order chi connectivity index (χ0) is 25.0. The van der Waals surface area contributed by atoms with Crippen molar-refractivity contribution in [2.75, 3.05) is 7.11 Å². The number of benzene rings is 3. The predicted octanol–water partition coefficient (Wildman–Crippen LogP) is 4.08. The second-order valence-electron chi connectivity index (χ2n) is 7.87. The molecule has 0 spiro atoms. The van der Waals surface area contributed by atoms with Crippen molar-refractivity contribution < 1.29 is 23.9 Å². The summed E-state index contributed by atoms with van der Waals surface area (Å²) in [5, 5.41) is 5.85. The highest BCUT2D eigenvalue weighted by atomic mass is 35.5. The number of amides is 2. The highest BCUT2D eigenvalue weighted by Gasteiger charge is 2.28. The normalized spacial score (nSPS) is 12.2. The van der Waals surface area contributed by atoms with E-state index in [0.717, 1.165) is 16.7 Å². The maximum atomic E-state index is 13.2. The summed E-state index contributed by atoms with van der Waals surface area (Å²) in [6, 6.07) is 23.5. The molecule has 0 saturated heterocycles. The zero-order valence-electron chi connectivity index (χ0n) is 19.3. The van der Waals surface area contributed by atoms with Gasteiger partial charge in [-0.2, -0.15) is 0 Å². The van der Waals surface area contributed by atoms with Gasteiger partial charge in [-0.15, -0.1) is 0 Å². The number of carbonyl (C=O) groups is 3. The van der Waals surface area contributed by atoms with E-state index < -0.39 is 30.1 Å². The van der Waals surface area contributed by atoms with E-state index in [1.807, 2.05) is 60.7 Å². The van der Waals surface area contributed by atoms with Crippen molar-refractivity contribution in [3.05, 3.63) is 107 Å². The lowest BCUT2D eigenvalue weighted by atomic mass is 10.0. The summed E-state index contributed by atoms with van der Waals surface area (Å²) in [5.41, 5.74) is 2.41. The Morgan fingerprint density at radius 3 is 2.00 bits per heavy atom. The lowest BCUT2D eigenvalue weighted by molar-refractivity contribution is -0.145. The Bertz CT molecular complexity index is 1120. The Kier molecular flexibility index (Phi) is 9.69. The van der Waals surface area contributed by atoms with Crippen LogP contribution in [0.2, 0.25) is 5.02 Å². The molecule has 3 aromatic carbocycles. The molecular formula is C27H27ClN2O5. The van der Waals surface area contributed by atoms with Gasteiger partial charge in [0.1, 0.15) is 18.7 Å². The fourth-order valence-corrected chi connectivity index (χ4v) is 3.69. The number of hydrogen-bond donors (Lipinski definition) is 2. The number of alkyl carbamates (subject to hydrolysis) is 1. The summed E-state index contributed by atoms with van der Waals surface area (Å²) in [6.45, 7) is 0.0614. The molecule has 0 aliphatic rings. The smallest absolute Gasteiger partial charge is 0.408 e. The standard InChI is InChI=1S/C27H27ClN2O5/c1-34-26(32)24(17-21-13-8-14-22(28)15-21)29-25(31)23(16-19-9-4-2-5-10-19)30-27(33)35-18-20-11-6-3-7-12-20/h2-15,23-24H,16-18H2,1H3,(H,29,31)(H,30,33)/t23-,24-/m1/s1. The number of rotatable bonds is 10. The van der Waals surface area contributed by atoms with E-state index in [-0.39, 0.29) is 19.4 Å². The average molecular weight is 495 g/mol. The first-order valence-electron chi connectivity index (χ1n) is 11.1. The summed E-state index contributed by atoms with van der Waals surface area (Å²) < 4.78 is 10.2. The molecule has 3 aromatic rings. The monoisotopic (exact) mass is 494 g/mol. The fourth-order valence-electron chi connectivity index (χ4n) is 3.47. The summed E-state index contributed by atoms with van der Waals surface area (Å²) >= 11 is 6.05. The van der Waals surface area contributed by atoms with E-state index in [0.29, 0.717) is 5.02 Å². The SMILES string of the molecule is COC(=O)[C@@H](Cc1cccc(Cl)c1)NC(=O)[C@@H](Cc1ccccc1)NC(=O)OCc1ccccc1. The number of halogens is 1. The third-order valence-corrected chi connectivity index (χ3v) is 5.47. The number of ether oxygens (including phenoxy) is 2. The van der Waals surface area contributed by atoms with Gasteiger partial charge in [-0.25, -0.2) is 9.59 Å². The highest BCUT2D eigenvalue weighted by molar-refractivity contribution is 6.30. The van der Waals surface area contributed by atoms with Crippen LogP contribution in [0.3, 0.4) is 0 Å². The van der Waals surface area contributed by atoms with Crippen LogP contribution in [0, 0.1) is 0 Å². The van der Waals surface area contributed by atoms with Crippen LogP contribution >= 0.6 is 11.6 Å². The summed E-state index contributed by atoms with van der Waals surface area (Å²) in [6.07, 6.45) is -0.359. The predicted molar refractivity (Wildman–Crippen MR) is 133 cm³/mol. The molecule has 0 aromatic heterocycles. The van der Waals surface area contributed by atoms with E-state index in [2.05, 4.69) is 10.6 Å². The van der Waals surface area contributed by atoms with Crippen LogP contribution in [0.4, 0.5) is 4.79 Å². The van der Waals surface area contributed by atoms with Crippen molar-refractivity contribution in [2.45, 2.75) is 31.5 Å². The van der Waals surface area contributed by atoms with E-state index >= 15 is 0 Å². The van der Waals surface area contributed by atoms with Gasteiger partial charge in [-0.1, -0.05) is 84.4 Å². The summed E-state index contributed by atoms with van der Waals surface area (Å²) in [4.78, 5) is 38.2. The first-order valence-corrected chi connectivity index (χ1v) is 11.5. The maximum absolute atomic E-state index is 13.2. The lowest BCUT2D eigenvalue weighted by Gasteiger charge is -2.22. The minimum Gasteiger partial charge on any atom is -0.467 e. The first-order chi connectivity index (χ1) is 16.9. The van der Waals surface area contributed by atoms with Crippen molar-refractivity contribution in [2.24, 2.45) is 0 Å². The van der Waals surface area contributed by atoms with E-state index in [1.165, 1.54) is 7.11 Å². The third kappa shape index (κ3) is 8.46. The lowest BCUT2D eigenvalue weighted by Crippen LogP contribution is -2.53. The molecule has 0 aliphatic carbocycles. The van der Waals surface area contributed by atoms with E-state index in [4.69, 9.17) is 21.1 Å². The van der Waals surface area contributed by atoms with Crippen LogP contribution in [0.1, 0.15) is 16.7 Å². The van der Waals surface area contributed by atoms with Crippen LogP contribution in [0.15, 0.2) is 84.9 Å². The molecule has 8 heteroatoms.